The maximum Gasteiger partial charge on any atom is 0.240 e. The third-order valence-electron chi connectivity index (χ3n) is 3.72. The van der Waals surface area contributed by atoms with Crippen LogP contribution in [-0.4, -0.2) is 14.6 Å². The van der Waals surface area contributed by atoms with Gasteiger partial charge in [0, 0.05) is 10.7 Å². The average molecular weight is 330 g/mol. The van der Waals surface area contributed by atoms with Crippen LogP contribution < -0.4 is 11.1 Å². The van der Waals surface area contributed by atoms with Gasteiger partial charge in [0.25, 0.3) is 0 Å². The number of rotatable bonds is 2. The molecule has 1 aliphatic rings. The van der Waals surface area contributed by atoms with Gasteiger partial charge in [-0.2, -0.15) is 9.50 Å². The maximum absolute atomic E-state index is 5.94. The molecule has 2 heterocycles. The topological polar surface area (TPSA) is 68.2 Å². The number of nitrogens with two attached hydrogens (primary N) is 1. The highest BCUT2D eigenvalue weighted by Crippen LogP contribution is 2.43. The summed E-state index contributed by atoms with van der Waals surface area (Å²) >= 11 is 5.94. The van der Waals surface area contributed by atoms with Gasteiger partial charge < -0.3 is 11.1 Å². The van der Waals surface area contributed by atoms with Gasteiger partial charge in [-0.05, 0) is 48.6 Å². The number of hydrogen-bond acceptors (Lipinski definition) is 4. The van der Waals surface area contributed by atoms with Crippen molar-refractivity contribution in [3.63, 3.8) is 0 Å². The number of anilines is 3. The van der Waals surface area contributed by atoms with Crippen molar-refractivity contribution in [3.05, 3.63) is 47.5 Å². The molecule has 23 heavy (non-hydrogen) atoms. The Hall–Kier alpha value is -2.27. The molecule has 0 radical (unpaired) electrons. The van der Waals surface area contributed by atoms with Gasteiger partial charge in [-0.1, -0.05) is 37.6 Å². The SMILES string of the molecule is CC1(C)CC1.Nc1nc2cccc(Nc3cccc(Cl)c3)n2n1. The number of nitrogen functional groups attached to an aromatic ring is 1. The van der Waals surface area contributed by atoms with Gasteiger partial charge in [0.15, 0.2) is 5.65 Å². The Morgan fingerprint density at radius 1 is 1.17 bits per heavy atom. The summed E-state index contributed by atoms with van der Waals surface area (Å²) in [5, 5.41) is 8.01. The van der Waals surface area contributed by atoms with Crippen molar-refractivity contribution < 1.29 is 0 Å². The first-order valence-electron chi connectivity index (χ1n) is 7.57. The first kappa shape index (κ1) is 15.6. The predicted molar refractivity (Wildman–Crippen MR) is 95.1 cm³/mol. The first-order valence-corrected chi connectivity index (χ1v) is 7.95. The minimum atomic E-state index is 0.246. The summed E-state index contributed by atoms with van der Waals surface area (Å²) in [5.41, 5.74) is 7.91. The molecule has 0 bridgehead atoms. The average Bonchev–Trinajstić information content (AvgIpc) is 3.04. The van der Waals surface area contributed by atoms with E-state index in [1.807, 2.05) is 42.5 Å². The Labute approximate surface area is 140 Å². The second-order valence-corrected chi connectivity index (χ2v) is 6.89. The van der Waals surface area contributed by atoms with Crippen molar-refractivity contribution >= 4 is 34.7 Å². The van der Waals surface area contributed by atoms with Crippen molar-refractivity contribution in [2.45, 2.75) is 26.7 Å². The molecule has 6 heteroatoms. The van der Waals surface area contributed by atoms with E-state index in [1.54, 1.807) is 4.52 Å². The zero-order valence-corrected chi connectivity index (χ0v) is 14.0. The third kappa shape index (κ3) is 4.13. The molecule has 3 N–H and O–H groups in total. The van der Waals surface area contributed by atoms with E-state index in [1.165, 1.54) is 12.8 Å². The molecule has 0 saturated heterocycles. The van der Waals surface area contributed by atoms with Gasteiger partial charge >= 0.3 is 0 Å². The number of pyridine rings is 1. The largest absolute Gasteiger partial charge is 0.366 e. The molecule has 0 unspecified atom stereocenters. The van der Waals surface area contributed by atoms with Crippen LogP contribution >= 0.6 is 11.6 Å². The molecule has 1 aromatic carbocycles. The first-order chi connectivity index (χ1) is 10.9. The predicted octanol–water partition coefficient (Wildman–Crippen LogP) is 4.51. The van der Waals surface area contributed by atoms with Gasteiger partial charge in [0.1, 0.15) is 5.82 Å². The molecule has 0 atom stereocenters. The standard InChI is InChI=1S/C12H10ClN5.C5H10/c13-8-3-1-4-9(7-8)15-10-5-2-6-11-16-12(14)17-18(10)11;1-5(2)3-4-5/h1-7,15H,(H2,14,17);3-4H2,1-2H3. The van der Waals surface area contributed by atoms with Crippen LogP contribution in [0.25, 0.3) is 5.65 Å². The minimum absolute atomic E-state index is 0.246. The van der Waals surface area contributed by atoms with Crippen molar-refractivity contribution in [1.82, 2.24) is 14.6 Å². The molecule has 5 nitrogen and oxygen atoms in total. The van der Waals surface area contributed by atoms with Crippen molar-refractivity contribution in [1.29, 1.82) is 0 Å². The Kier molecular flexibility index (Phi) is 4.13. The van der Waals surface area contributed by atoms with Crippen LogP contribution in [-0.2, 0) is 0 Å². The molecule has 2 aromatic heterocycles. The Morgan fingerprint density at radius 2 is 1.87 bits per heavy atom. The zero-order chi connectivity index (χ0) is 16.4. The molecule has 120 valence electrons. The second kappa shape index (κ2) is 6.08. The van der Waals surface area contributed by atoms with Gasteiger partial charge in [-0.25, -0.2) is 0 Å². The van der Waals surface area contributed by atoms with Crippen LogP contribution in [0.3, 0.4) is 0 Å². The fourth-order valence-electron chi connectivity index (χ4n) is 1.98. The number of halogens is 1. The Morgan fingerprint density at radius 3 is 2.52 bits per heavy atom. The minimum Gasteiger partial charge on any atom is -0.366 e. The fourth-order valence-corrected chi connectivity index (χ4v) is 2.17. The highest BCUT2D eigenvalue weighted by atomic mass is 35.5. The summed E-state index contributed by atoms with van der Waals surface area (Å²) in [7, 11) is 0. The Bertz CT molecular complexity index is 819. The number of hydrogen-bond donors (Lipinski definition) is 2. The molecule has 0 spiro atoms. The van der Waals surface area contributed by atoms with E-state index in [0.717, 1.165) is 16.9 Å². The smallest absolute Gasteiger partial charge is 0.240 e. The molecule has 3 aromatic rings. The fraction of sp³-hybridized carbons (Fsp3) is 0.294. The van der Waals surface area contributed by atoms with E-state index in [-0.39, 0.29) is 5.95 Å². The lowest BCUT2D eigenvalue weighted by molar-refractivity contribution is 0.653. The van der Waals surface area contributed by atoms with Crippen LogP contribution in [0.1, 0.15) is 26.7 Å². The summed E-state index contributed by atoms with van der Waals surface area (Å²) < 4.78 is 1.65. The van der Waals surface area contributed by atoms with E-state index in [4.69, 9.17) is 17.3 Å². The van der Waals surface area contributed by atoms with Crippen molar-refractivity contribution in [2.24, 2.45) is 5.41 Å². The van der Waals surface area contributed by atoms with Crippen LogP contribution in [0, 0.1) is 5.41 Å². The lowest BCUT2D eigenvalue weighted by Crippen LogP contribution is -1.99. The van der Waals surface area contributed by atoms with Gasteiger partial charge in [-0.3, -0.25) is 0 Å². The van der Waals surface area contributed by atoms with Crippen LogP contribution in [0.5, 0.6) is 0 Å². The van der Waals surface area contributed by atoms with Gasteiger partial charge in [0.05, 0.1) is 0 Å². The number of fused-ring (bicyclic) bond motifs is 1. The van der Waals surface area contributed by atoms with Crippen LogP contribution in [0.15, 0.2) is 42.5 Å². The molecule has 1 saturated carbocycles. The van der Waals surface area contributed by atoms with E-state index in [9.17, 15) is 0 Å². The number of benzene rings is 1. The van der Waals surface area contributed by atoms with Crippen LogP contribution in [0.2, 0.25) is 5.02 Å². The molecule has 4 rings (SSSR count). The zero-order valence-electron chi connectivity index (χ0n) is 13.3. The summed E-state index contributed by atoms with van der Waals surface area (Å²) in [6.45, 7) is 4.60. The summed E-state index contributed by atoms with van der Waals surface area (Å²) in [4.78, 5) is 4.10. The normalized spacial score (nSPS) is 14.9. The molecule has 1 aliphatic carbocycles. The lowest BCUT2D eigenvalue weighted by Gasteiger charge is -2.07. The van der Waals surface area contributed by atoms with E-state index < -0.39 is 0 Å². The van der Waals surface area contributed by atoms with Gasteiger partial charge in [-0.15, -0.1) is 5.10 Å². The highest BCUT2D eigenvalue weighted by molar-refractivity contribution is 6.30. The van der Waals surface area contributed by atoms with Gasteiger partial charge in [0.2, 0.25) is 5.95 Å². The number of nitrogens with zero attached hydrogens (tertiary/aromatic N) is 3. The van der Waals surface area contributed by atoms with E-state index in [0.29, 0.717) is 10.7 Å². The van der Waals surface area contributed by atoms with Crippen molar-refractivity contribution in [3.8, 4) is 0 Å². The summed E-state index contributed by atoms with van der Waals surface area (Å²) in [5.74, 6) is 1.02. The Balaban J connectivity index is 0.000000267. The monoisotopic (exact) mass is 329 g/mol. The quantitative estimate of drug-likeness (QED) is 0.725. The van der Waals surface area contributed by atoms with E-state index >= 15 is 0 Å². The van der Waals surface area contributed by atoms with Crippen molar-refractivity contribution in [2.75, 3.05) is 11.1 Å². The molecule has 1 fully saturated rings. The third-order valence-corrected chi connectivity index (χ3v) is 3.96. The molecular weight excluding hydrogens is 310 g/mol. The number of aromatic nitrogens is 3. The molecular formula is C17H20ClN5. The van der Waals surface area contributed by atoms with Crippen LogP contribution in [0.4, 0.5) is 17.5 Å². The maximum atomic E-state index is 5.94. The molecule has 0 aliphatic heterocycles. The summed E-state index contributed by atoms with van der Waals surface area (Å²) in [6.07, 6.45) is 2.90. The second-order valence-electron chi connectivity index (χ2n) is 6.45. The summed E-state index contributed by atoms with van der Waals surface area (Å²) in [6, 6.07) is 13.1. The highest BCUT2D eigenvalue weighted by Gasteiger charge is 2.30. The van der Waals surface area contributed by atoms with E-state index in [2.05, 4.69) is 29.2 Å². The number of nitrogens with one attached hydrogen (secondary N) is 1. The lowest BCUT2D eigenvalue weighted by atomic mass is 10.2. The molecule has 0 amide bonds.